The molecule has 1 aromatic carbocycles. The molecule has 3 rings (SSSR count). The van der Waals surface area contributed by atoms with Crippen molar-refractivity contribution in [3.63, 3.8) is 0 Å². The average molecular weight is 287 g/mol. The second kappa shape index (κ2) is 6.50. The summed E-state index contributed by atoms with van der Waals surface area (Å²) in [5.41, 5.74) is 8.95. The number of rotatable bonds is 4. The quantitative estimate of drug-likeness (QED) is 0.895. The molecule has 0 amide bonds. The second-order valence-corrected chi connectivity index (χ2v) is 7.10. The van der Waals surface area contributed by atoms with Crippen molar-refractivity contribution in [2.24, 2.45) is 5.73 Å². The highest BCUT2D eigenvalue weighted by Crippen LogP contribution is 2.43. The van der Waals surface area contributed by atoms with Gasteiger partial charge in [-0.05, 0) is 57.1 Å². The van der Waals surface area contributed by atoms with E-state index in [1.807, 2.05) is 0 Å². The number of nitrogens with two attached hydrogens (primary N) is 1. The number of benzene rings is 1. The van der Waals surface area contributed by atoms with Gasteiger partial charge in [0, 0.05) is 0 Å². The van der Waals surface area contributed by atoms with Crippen molar-refractivity contribution >= 4 is 0 Å². The molecule has 1 aliphatic heterocycles. The maximum absolute atomic E-state index is 6.51. The molecular weight excluding hydrogens is 258 g/mol. The first-order valence-electron chi connectivity index (χ1n) is 8.65. The van der Waals surface area contributed by atoms with Crippen molar-refractivity contribution in [2.75, 3.05) is 6.54 Å². The van der Waals surface area contributed by atoms with Gasteiger partial charge in [0.25, 0.3) is 0 Å². The summed E-state index contributed by atoms with van der Waals surface area (Å²) in [5, 5.41) is 0. The van der Waals surface area contributed by atoms with Gasteiger partial charge in [-0.2, -0.15) is 0 Å². The molecule has 2 unspecified atom stereocenters. The highest BCUT2D eigenvalue weighted by atomic mass is 16.5. The van der Waals surface area contributed by atoms with Crippen LogP contribution in [0.3, 0.4) is 0 Å². The summed E-state index contributed by atoms with van der Waals surface area (Å²) >= 11 is 0. The molecule has 1 aromatic rings. The van der Waals surface area contributed by atoms with E-state index in [1.54, 1.807) is 0 Å². The maximum Gasteiger partial charge on any atom is 0.0687 e. The zero-order chi connectivity index (χ0) is 14.7. The van der Waals surface area contributed by atoms with Gasteiger partial charge in [-0.1, -0.05) is 49.1 Å². The molecule has 1 aliphatic carbocycles. The summed E-state index contributed by atoms with van der Waals surface area (Å²) in [6.45, 7) is 2.85. The van der Waals surface area contributed by atoms with E-state index in [1.165, 1.54) is 56.1 Å². The molecule has 21 heavy (non-hydrogen) atoms. The highest BCUT2D eigenvalue weighted by Gasteiger charge is 2.41. The van der Waals surface area contributed by atoms with Crippen LogP contribution in [0.15, 0.2) is 24.3 Å². The SMILES string of the molecule is Cc1ccc(C(CN)CC2CCC3(CCCCC3)O2)cc1. The highest BCUT2D eigenvalue weighted by molar-refractivity contribution is 5.25. The van der Waals surface area contributed by atoms with Gasteiger partial charge in [0.15, 0.2) is 0 Å². The third-order valence-corrected chi connectivity index (χ3v) is 5.48. The molecule has 2 atom stereocenters. The molecule has 1 saturated carbocycles. The maximum atomic E-state index is 6.51. The Morgan fingerprint density at radius 2 is 1.86 bits per heavy atom. The first-order chi connectivity index (χ1) is 10.2. The molecule has 2 aliphatic rings. The van der Waals surface area contributed by atoms with Gasteiger partial charge in [0.2, 0.25) is 0 Å². The van der Waals surface area contributed by atoms with Crippen molar-refractivity contribution in [3.8, 4) is 0 Å². The molecule has 1 saturated heterocycles. The van der Waals surface area contributed by atoms with Crippen LogP contribution in [-0.2, 0) is 4.74 Å². The lowest BCUT2D eigenvalue weighted by Gasteiger charge is -2.33. The zero-order valence-corrected chi connectivity index (χ0v) is 13.3. The number of ether oxygens (including phenoxy) is 1. The molecule has 2 nitrogen and oxygen atoms in total. The van der Waals surface area contributed by atoms with Crippen molar-refractivity contribution in [1.82, 2.24) is 0 Å². The second-order valence-electron chi connectivity index (χ2n) is 7.10. The monoisotopic (exact) mass is 287 g/mol. The van der Waals surface area contributed by atoms with Gasteiger partial charge in [0.1, 0.15) is 0 Å². The molecular formula is C19H29NO. The normalized spacial score (nSPS) is 26.1. The summed E-state index contributed by atoms with van der Waals surface area (Å²) in [7, 11) is 0. The summed E-state index contributed by atoms with van der Waals surface area (Å²) in [5.74, 6) is 0.439. The summed E-state index contributed by atoms with van der Waals surface area (Å²) in [6, 6.07) is 8.85. The predicted molar refractivity (Wildman–Crippen MR) is 87.5 cm³/mol. The Kier molecular flexibility index (Phi) is 4.66. The molecule has 2 N–H and O–H groups in total. The minimum Gasteiger partial charge on any atom is -0.372 e. The van der Waals surface area contributed by atoms with Gasteiger partial charge < -0.3 is 10.5 Å². The average Bonchev–Trinajstić information content (AvgIpc) is 2.89. The Labute approximate surface area is 129 Å². The van der Waals surface area contributed by atoms with Crippen LogP contribution in [0.1, 0.15) is 68.4 Å². The summed E-state index contributed by atoms with van der Waals surface area (Å²) in [6.07, 6.45) is 10.6. The molecule has 2 heteroatoms. The lowest BCUT2D eigenvalue weighted by molar-refractivity contribution is -0.0671. The van der Waals surface area contributed by atoms with Crippen LogP contribution in [-0.4, -0.2) is 18.2 Å². The summed E-state index contributed by atoms with van der Waals surface area (Å²) < 4.78 is 6.51. The molecule has 1 heterocycles. The number of hydrogen-bond acceptors (Lipinski definition) is 2. The van der Waals surface area contributed by atoms with Gasteiger partial charge in [-0.25, -0.2) is 0 Å². The lowest BCUT2D eigenvalue weighted by Crippen LogP contribution is -2.32. The van der Waals surface area contributed by atoms with Gasteiger partial charge in [-0.3, -0.25) is 0 Å². The van der Waals surface area contributed by atoms with E-state index in [0.29, 0.717) is 12.0 Å². The fourth-order valence-electron chi connectivity index (χ4n) is 4.15. The molecule has 1 spiro atoms. The van der Waals surface area contributed by atoms with Gasteiger partial charge in [0.05, 0.1) is 11.7 Å². The van der Waals surface area contributed by atoms with E-state index in [-0.39, 0.29) is 5.60 Å². The minimum atomic E-state index is 0.231. The first-order valence-corrected chi connectivity index (χ1v) is 8.65. The smallest absolute Gasteiger partial charge is 0.0687 e. The van der Waals surface area contributed by atoms with E-state index in [4.69, 9.17) is 10.5 Å². The Hall–Kier alpha value is -0.860. The molecule has 0 aromatic heterocycles. The van der Waals surface area contributed by atoms with Crippen LogP contribution >= 0.6 is 0 Å². The third-order valence-electron chi connectivity index (χ3n) is 5.48. The van der Waals surface area contributed by atoms with E-state index < -0.39 is 0 Å². The van der Waals surface area contributed by atoms with Crippen LogP contribution in [0, 0.1) is 6.92 Å². The Balaban J connectivity index is 1.61. The van der Waals surface area contributed by atoms with E-state index in [9.17, 15) is 0 Å². The van der Waals surface area contributed by atoms with Crippen LogP contribution < -0.4 is 5.73 Å². The van der Waals surface area contributed by atoms with Gasteiger partial charge in [-0.15, -0.1) is 0 Å². The van der Waals surface area contributed by atoms with E-state index in [2.05, 4.69) is 31.2 Å². The van der Waals surface area contributed by atoms with Crippen molar-refractivity contribution < 1.29 is 4.74 Å². The van der Waals surface area contributed by atoms with E-state index >= 15 is 0 Å². The van der Waals surface area contributed by atoms with Crippen molar-refractivity contribution in [3.05, 3.63) is 35.4 Å². The first kappa shape index (κ1) is 15.1. The number of hydrogen-bond donors (Lipinski definition) is 1. The Bertz CT molecular complexity index is 447. The predicted octanol–water partition coefficient (Wildman–Crippen LogP) is 4.31. The van der Waals surface area contributed by atoms with Gasteiger partial charge >= 0.3 is 0 Å². The molecule has 0 radical (unpaired) electrons. The standard InChI is InChI=1S/C19H29NO/c1-15-5-7-16(8-6-15)17(14-20)13-18-9-12-19(21-18)10-3-2-4-11-19/h5-8,17-18H,2-4,9-14,20H2,1H3. The molecule has 2 fully saturated rings. The summed E-state index contributed by atoms with van der Waals surface area (Å²) in [4.78, 5) is 0. The Morgan fingerprint density at radius 1 is 1.14 bits per heavy atom. The largest absolute Gasteiger partial charge is 0.372 e. The van der Waals surface area contributed by atoms with Crippen LogP contribution in [0.25, 0.3) is 0 Å². The van der Waals surface area contributed by atoms with E-state index in [0.717, 1.165) is 13.0 Å². The minimum absolute atomic E-state index is 0.231. The third kappa shape index (κ3) is 3.49. The fraction of sp³-hybridized carbons (Fsp3) is 0.684. The van der Waals surface area contributed by atoms with Crippen LogP contribution in [0.2, 0.25) is 0 Å². The van der Waals surface area contributed by atoms with Crippen molar-refractivity contribution in [1.29, 1.82) is 0 Å². The zero-order valence-electron chi connectivity index (χ0n) is 13.3. The number of aryl methyl sites for hydroxylation is 1. The fourth-order valence-corrected chi connectivity index (χ4v) is 4.15. The molecule has 0 bridgehead atoms. The van der Waals surface area contributed by atoms with Crippen molar-refractivity contribution in [2.45, 2.75) is 75.9 Å². The molecule has 116 valence electrons. The van der Waals surface area contributed by atoms with Crippen LogP contribution in [0.5, 0.6) is 0 Å². The van der Waals surface area contributed by atoms with Crippen LogP contribution in [0.4, 0.5) is 0 Å². The topological polar surface area (TPSA) is 35.2 Å². The Morgan fingerprint density at radius 3 is 2.52 bits per heavy atom. The lowest BCUT2D eigenvalue weighted by atomic mass is 9.83.